The number of anilines is 2. The van der Waals surface area contributed by atoms with Crippen LogP contribution in [-0.4, -0.2) is 6.04 Å². The molecule has 0 amide bonds. The number of hydrogen-bond acceptors (Lipinski definition) is 1. The van der Waals surface area contributed by atoms with E-state index in [0.717, 1.165) is 17.4 Å². The molecular weight excluding hydrogens is 371 g/mol. The molecule has 27 heavy (non-hydrogen) atoms. The van der Waals surface area contributed by atoms with Gasteiger partial charge >= 0.3 is 6.18 Å². The SMILES string of the molecule is CC(Cc1cccc(C(F)(F)F)c1Cl)N(c1ccccc1)c1ccccc1. The summed E-state index contributed by atoms with van der Waals surface area (Å²) in [5, 5.41) is -0.224. The van der Waals surface area contributed by atoms with Crippen molar-refractivity contribution in [1.29, 1.82) is 0 Å². The highest BCUT2D eigenvalue weighted by molar-refractivity contribution is 6.32. The van der Waals surface area contributed by atoms with E-state index >= 15 is 0 Å². The Morgan fingerprint density at radius 3 is 1.81 bits per heavy atom. The van der Waals surface area contributed by atoms with Crippen molar-refractivity contribution in [2.45, 2.75) is 25.6 Å². The molecule has 1 atom stereocenters. The monoisotopic (exact) mass is 389 g/mol. The summed E-state index contributed by atoms with van der Waals surface area (Å²) in [5.41, 5.74) is 1.63. The molecule has 0 aliphatic heterocycles. The van der Waals surface area contributed by atoms with E-state index in [0.29, 0.717) is 12.0 Å². The number of nitrogens with zero attached hydrogens (tertiary/aromatic N) is 1. The second-order valence-electron chi connectivity index (χ2n) is 6.37. The van der Waals surface area contributed by atoms with Gasteiger partial charge < -0.3 is 4.90 Å². The van der Waals surface area contributed by atoms with Gasteiger partial charge in [0.15, 0.2) is 0 Å². The molecule has 5 heteroatoms. The minimum absolute atomic E-state index is 0.101. The molecule has 0 aliphatic carbocycles. The molecule has 0 saturated heterocycles. The van der Waals surface area contributed by atoms with E-state index in [1.54, 1.807) is 6.07 Å². The van der Waals surface area contributed by atoms with Crippen molar-refractivity contribution in [2.24, 2.45) is 0 Å². The fourth-order valence-corrected chi connectivity index (χ4v) is 3.51. The van der Waals surface area contributed by atoms with Gasteiger partial charge in [-0.1, -0.05) is 60.1 Å². The molecule has 0 aliphatic rings. The standard InChI is InChI=1S/C22H19ClF3N/c1-16(15-17-9-8-14-20(21(17)23)22(24,25)26)27(18-10-4-2-5-11-18)19-12-6-3-7-13-19/h2-14,16H,15H2,1H3. The van der Waals surface area contributed by atoms with E-state index < -0.39 is 11.7 Å². The van der Waals surface area contributed by atoms with Crippen molar-refractivity contribution >= 4 is 23.0 Å². The van der Waals surface area contributed by atoms with Crippen LogP contribution in [0.15, 0.2) is 78.9 Å². The average molecular weight is 390 g/mol. The van der Waals surface area contributed by atoms with E-state index in [4.69, 9.17) is 11.6 Å². The Labute approximate surface area is 162 Å². The van der Waals surface area contributed by atoms with Gasteiger partial charge in [0, 0.05) is 17.4 Å². The Hall–Kier alpha value is -2.46. The Balaban J connectivity index is 1.96. The summed E-state index contributed by atoms with van der Waals surface area (Å²) < 4.78 is 39.5. The van der Waals surface area contributed by atoms with Crippen molar-refractivity contribution in [3.8, 4) is 0 Å². The van der Waals surface area contributed by atoms with Crippen LogP contribution in [0, 0.1) is 0 Å². The molecule has 0 spiro atoms. The van der Waals surface area contributed by atoms with Gasteiger partial charge in [-0.05, 0) is 49.2 Å². The van der Waals surface area contributed by atoms with Crippen LogP contribution in [0.3, 0.4) is 0 Å². The number of alkyl halides is 3. The van der Waals surface area contributed by atoms with Gasteiger partial charge in [0.1, 0.15) is 0 Å². The Kier molecular flexibility index (Phi) is 5.76. The normalized spacial score (nSPS) is 12.6. The number of hydrogen-bond donors (Lipinski definition) is 0. The summed E-state index contributed by atoms with van der Waals surface area (Å²) in [6.45, 7) is 1.98. The lowest BCUT2D eigenvalue weighted by Gasteiger charge is -2.32. The number of halogens is 4. The zero-order chi connectivity index (χ0) is 19.4. The second-order valence-corrected chi connectivity index (χ2v) is 6.75. The lowest BCUT2D eigenvalue weighted by molar-refractivity contribution is -0.137. The van der Waals surface area contributed by atoms with Gasteiger partial charge in [0.05, 0.1) is 10.6 Å². The second kappa shape index (κ2) is 8.05. The van der Waals surface area contributed by atoms with Crippen LogP contribution in [0.25, 0.3) is 0 Å². The predicted molar refractivity (Wildman–Crippen MR) is 105 cm³/mol. The minimum atomic E-state index is -4.46. The molecule has 0 heterocycles. The number of para-hydroxylation sites is 2. The van der Waals surface area contributed by atoms with Crippen molar-refractivity contribution in [3.63, 3.8) is 0 Å². The van der Waals surface area contributed by atoms with Crippen LogP contribution in [0.5, 0.6) is 0 Å². The summed E-state index contributed by atoms with van der Waals surface area (Å²) in [7, 11) is 0. The van der Waals surface area contributed by atoms with Crippen molar-refractivity contribution in [1.82, 2.24) is 0 Å². The van der Waals surface area contributed by atoms with Crippen LogP contribution in [0.1, 0.15) is 18.1 Å². The predicted octanol–water partition coefficient (Wildman–Crippen LogP) is 7.13. The van der Waals surface area contributed by atoms with E-state index in [1.807, 2.05) is 67.6 Å². The maximum Gasteiger partial charge on any atom is 0.417 e. The molecule has 0 radical (unpaired) electrons. The third kappa shape index (κ3) is 4.45. The molecule has 3 rings (SSSR count). The Morgan fingerprint density at radius 2 is 1.33 bits per heavy atom. The van der Waals surface area contributed by atoms with Gasteiger partial charge in [0.25, 0.3) is 0 Å². The fourth-order valence-electron chi connectivity index (χ4n) is 3.20. The molecular formula is C22H19ClF3N. The lowest BCUT2D eigenvalue weighted by Crippen LogP contribution is -2.30. The van der Waals surface area contributed by atoms with Gasteiger partial charge in [-0.15, -0.1) is 0 Å². The summed E-state index contributed by atoms with van der Waals surface area (Å²) in [6.07, 6.45) is -4.08. The number of rotatable bonds is 5. The molecule has 3 aromatic rings. The van der Waals surface area contributed by atoms with E-state index in [-0.39, 0.29) is 11.1 Å². The minimum Gasteiger partial charge on any atom is -0.338 e. The van der Waals surface area contributed by atoms with Crippen LogP contribution in [0.2, 0.25) is 5.02 Å². The third-order valence-corrected chi connectivity index (χ3v) is 4.86. The van der Waals surface area contributed by atoms with Crippen LogP contribution in [0.4, 0.5) is 24.5 Å². The molecule has 1 unspecified atom stereocenters. The first-order valence-corrected chi connectivity index (χ1v) is 8.99. The van der Waals surface area contributed by atoms with Crippen LogP contribution < -0.4 is 4.90 Å². The maximum absolute atomic E-state index is 13.2. The molecule has 140 valence electrons. The topological polar surface area (TPSA) is 3.24 Å². The smallest absolute Gasteiger partial charge is 0.338 e. The van der Waals surface area contributed by atoms with E-state index in [9.17, 15) is 13.2 Å². The summed E-state index contributed by atoms with van der Waals surface area (Å²) in [4.78, 5) is 2.11. The zero-order valence-electron chi connectivity index (χ0n) is 14.7. The number of benzene rings is 3. The molecule has 0 aromatic heterocycles. The van der Waals surface area contributed by atoms with E-state index in [2.05, 4.69) is 4.90 Å². The van der Waals surface area contributed by atoms with Crippen molar-refractivity contribution in [3.05, 3.63) is 95.0 Å². The van der Waals surface area contributed by atoms with Gasteiger partial charge in [-0.25, -0.2) is 0 Å². The van der Waals surface area contributed by atoms with Gasteiger partial charge in [-0.2, -0.15) is 13.2 Å². The maximum atomic E-state index is 13.2. The summed E-state index contributed by atoms with van der Waals surface area (Å²) in [6, 6.07) is 23.5. The summed E-state index contributed by atoms with van der Waals surface area (Å²) in [5.74, 6) is 0. The first-order valence-electron chi connectivity index (χ1n) is 8.62. The molecule has 0 fully saturated rings. The Morgan fingerprint density at radius 1 is 0.815 bits per heavy atom. The summed E-state index contributed by atoms with van der Waals surface area (Å²) >= 11 is 6.10. The molecule has 0 N–H and O–H groups in total. The van der Waals surface area contributed by atoms with Crippen molar-refractivity contribution in [2.75, 3.05) is 4.90 Å². The quantitative estimate of drug-likeness (QED) is 0.448. The van der Waals surface area contributed by atoms with Crippen LogP contribution in [-0.2, 0) is 12.6 Å². The average Bonchev–Trinajstić information content (AvgIpc) is 2.64. The lowest BCUT2D eigenvalue weighted by atomic mass is 10.0. The molecule has 0 saturated carbocycles. The van der Waals surface area contributed by atoms with Gasteiger partial charge in [-0.3, -0.25) is 0 Å². The van der Waals surface area contributed by atoms with Crippen molar-refractivity contribution < 1.29 is 13.2 Å². The van der Waals surface area contributed by atoms with E-state index in [1.165, 1.54) is 6.07 Å². The molecule has 0 bridgehead atoms. The largest absolute Gasteiger partial charge is 0.417 e. The third-order valence-electron chi connectivity index (χ3n) is 4.41. The highest BCUT2D eigenvalue weighted by atomic mass is 35.5. The molecule has 3 aromatic carbocycles. The van der Waals surface area contributed by atoms with Crippen LogP contribution >= 0.6 is 11.6 Å². The first kappa shape index (κ1) is 19.3. The highest BCUT2D eigenvalue weighted by Crippen LogP contribution is 2.37. The highest BCUT2D eigenvalue weighted by Gasteiger charge is 2.34. The molecule has 1 nitrogen and oxygen atoms in total. The fraction of sp³-hybridized carbons (Fsp3) is 0.182. The first-order chi connectivity index (χ1) is 12.9. The zero-order valence-corrected chi connectivity index (χ0v) is 15.5. The Bertz CT molecular complexity index is 840. The van der Waals surface area contributed by atoms with Gasteiger partial charge in [0.2, 0.25) is 0 Å².